The lowest BCUT2D eigenvalue weighted by molar-refractivity contribution is 0.201. The summed E-state index contributed by atoms with van der Waals surface area (Å²) >= 11 is 0. The van der Waals surface area contributed by atoms with Crippen LogP contribution in [0.3, 0.4) is 0 Å². The van der Waals surface area contributed by atoms with Gasteiger partial charge in [0.25, 0.3) is 0 Å². The number of benzene rings is 3. The van der Waals surface area contributed by atoms with E-state index in [1.54, 1.807) is 0 Å². The molecule has 7 heteroatoms. The third-order valence-corrected chi connectivity index (χ3v) is 5.97. The maximum absolute atomic E-state index is 13.3. The predicted octanol–water partition coefficient (Wildman–Crippen LogP) is 3.77. The van der Waals surface area contributed by atoms with Gasteiger partial charge in [-0.3, -0.25) is 4.90 Å². The lowest BCUT2D eigenvalue weighted by Crippen LogP contribution is -2.48. The molecule has 0 bridgehead atoms. The van der Waals surface area contributed by atoms with E-state index in [4.69, 9.17) is 0 Å². The van der Waals surface area contributed by atoms with Crippen LogP contribution in [0.5, 0.6) is 0 Å². The van der Waals surface area contributed by atoms with Crippen molar-refractivity contribution in [1.82, 2.24) is 25.1 Å². The quantitative estimate of drug-likeness (QED) is 0.468. The Labute approximate surface area is 186 Å². The first-order valence-corrected chi connectivity index (χ1v) is 10.9. The number of anilines is 1. The zero-order valence-corrected chi connectivity index (χ0v) is 17.8. The van der Waals surface area contributed by atoms with E-state index in [9.17, 15) is 4.39 Å². The highest BCUT2D eigenvalue weighted by Gasteiger charge is 2.30. The molecule has 4 aromatic rings. The van der Waals surface area contributed by atoms with Crippen molar-refractivity contribution in [2.24, 2.45) is 0 Å². The van der Waals surface area contributed by atoms with E-state index in [1.807, 2.05) is 41.1 Å². The largest absolute Gasteiger partial charge is 0.369 e. The second kappa shape index (κ2) is 9.28. The molecule has 1 aliphatic rings. The Balaban J connectivity index is 1.40. The van der Waals surface area contributed by atoms with E-state index < -0.39 is 0 Å². The highest BCUT2D eigenvalue weighted by molar-refractivity contribution is 5.46. The Morgan fingerprint density at radius 3 is 2.12 bits per heavy atom. The predicted molar refractivity (Wildman–Crippen MR) is 122 cm³/mol. The van der Waals surface area contributed by atoms with Gasteiger partial charge in [0.2, 0.25) is 0 Å². The molecule has 0 unspecified atom stereocenters. The van der Waals surface area contributed by atoms with Crippen LogP contribution in [0, 0.1) is 5.82 Å². The molecule has 3 aromatic carbocycles. The van der Waals surface area contributed by atoms with Gasteiger partial charge in [-0.05, 0) is 45.8 Å². The van der Waals surface area contributed by atoms with Gasteiger partial charge in [0, 0.05) is 31.9 Å². The summed E-state index contributed by atoms with van der Waals surface area (Å²) in [7, 11) is 0. The van der Waals surface area contributed by atoms with Crippen LogP contribution in [0.1, 0.15) is 23.0 Å². The minimum Gasteiger partial charge on any atom is -0.369 e. The van der Waals surface area contributed by atoms with Crippen molar-refractivity contribution < 1.29 is 4.39 Å². The molecule has 0 spiro atoms. The van der Waals surface area contributed by atoms with Crippen molar-refractivity contribution in [2.75, 3.05) is 31.1 Å². The lowest BCUT2D eigenvalue weighted by atomic mass is 10.0. The van der Waals surface area contributed by atoms with Gasteiger partial charge in [0.15, 0.2) is 5.82 Å². The van der Waals surface area contributed by atoms with E-state index in [0.29, 0.717) is 6.54 Å². The van der Waals surface area contributed by atoms with Gasteiger partial charge in [-0.1, -0.05) is 60.7 Å². The minimum atomic E-state index is -0.207. The molecule has 1 atom stereocenters. The molecule has 0 aliphatic carbocycles. The van der Waals surface area contributed by atoms with Crippen LogP contribution in [0.15, 0.2) is 84.9 Å². The Hall–Kier alpha value is -3.58. The molecule has 0 N–H and O–H groups in total. The zero-order chi connectivity index (χ0) is 21.8. The summed E-state index contributed by atoms with van der Waals surface area (Å²) in [5.74, 6) is 0.636. The maximum Gasteiger partial charge on any atom is 0.173 e. The molecule has 0 saturated carbocycles. The van der Waals surface area contributed by atoms with E-state index in [1.165, 1.54) is 17.7 Å². The molecule has 5 rings (SSSR count). The first-order chi connectivity index (χ1) is 15.8. The van der Waals surface area contributed by atoms with Crippen LogP contribution >= 0.6 is 0 Å². The molecule has 0 amide bonds. The van der Waals surface area contributed by atoms with E-state index in [2.05, 4.69) is 61.7 Å². The second-order valence-electron chi connectivity index (χ2n) is 7.99. The minimum absolute atomic E-state index is 0.0368. The first-order valence-electron chi connectivity index (χ1n) is 10.9. The van der Waals surface area contributed by atoms with Crippen molar-refractivity contribution in [1.29, 1.82) is 0 Å². The van der Waals surface area contributed by atoms with Crippen molar-refractivity contribution >= 4 is 5.69 Å². The average molecular weight is 429 g/mol. The standard InChI is InChI=1S/C25H25FN6/c26-22-11-13-23(14-12-22)30-15-17-31(18-16-30)24(21-9-5-2-6-10-21)25-27-28-29-32(25)19-20-7-3-1-4-8-20/h1-14,24H,15-19H2/t24-/m1/s1. The average Bonchev–Trinajstić information content (AvgIpc) is 3.29. The van der Waals surface area contributed by atoms with Crippen LogP contribution in [-0.2, 0) is 6.54 Å². The number of tetrazole rings is 1. The van der Waals surface area contributed by atoms with E-state index >= 15 is 0 Å². The number of rotatable bonds is 6. The topological polar surface area (TPSA) is 50.1 Å². The van der Waals surface area contributed by atoms with Gasteiger partial charge in [-0.2, -0.15) is 0 Å². The Morgan fingerprint density at radius 1 is 0.781 bits per heavy atom. The number of hydrogen-bond acceptors (Lipinski definition) is 5. The maximum atomic E-state index is 13.3. The first kappa shape index (κ1) is 20.3. The fourth-order valence-electron chi connectivity index (χ4n) is 4.33. The molecule has 1 saturated heterocycles. The van der Waals surface area contributed by atoms with Crippen molar-refractivity contribution in [3.05, 3.63) is 108 Å². The van der Waals surface area contributed by atoms with Crippen LogP contribution in [0.2, 0.25) is 0 Å². The van der Waals surface area contributed by atoms with Crippen LogP contribution in [-0.4, -0.2) is 51.3 Å². The number of halogens is 1. The SMILES string of the molecule is Fc1ccc(N2CCN([C@H](c3ccccc3)c3nnnn3Cc3ccccc3)CC2)cc1. The third-order valence-electron chi connectivity index (χ3n) is 5.97. The summed E-state index contributed by atoms with van der Waals surface area (Å²) in [6.07, 6.45) is 0. The molecule has 1 fully saturated rings. The smallest absolute Gasteiger partial charge is 0.173 e. The highest BCUT2D eigenvalue weighted by Crippen LogP contribution is 2.29. The summed E-state index contributed by atoms with van der Waals surface area (Å²) in [5.41, 5.74) is 3.39. The summed E-state index contributed by atoms with van der Waals surface area (Å²) < 4.78 is 15.2. The molecular formula is C25H25FN6. The Morgan fingerprint density at radius 2 is 1.44 bits per heavy atom. The molecule has 2 heterocycles. The highest BCUT2D eigenvalue weighted by atomic mass is 19.1. The number of hydrogen-bond donors (Lipinski definition) is 0. The number of piperazine rings is 1. The summed E-state index contributed by atoms with van der Waals surface area (Å²) in [6, 6.07) is 27.4. The fourth-order valence-corrected chi connectivity index (χ4v) is 4.33. The third kappa shape index (κ3) is 4.38. The number of aromatic nitrogens is 4. The fraction of sp³-hybridized carbons (Fsp3) is 0.240. The van der Waals surface area contributed by atoms with Crippen LogP contribution < -0.4 is 4.90 Å². The van der Waals surface area contributed by atoms with Crippen molar-refractivity contribution in [3.8, 4) is 0 Å². The zero-order valence-electron chi connectivity index (χ0n) is 17.8. The molecule has 0 radical (unpaired) electrons. The summed E-state index contributed by atoms with van der Waals surface area (Å²) in [4.78, 5) is 4.73. The van der Waals surface area contributed by atoms with Gasteiger partial charge in [-0.25, -0.2) is 9.07 Å². The lowest BCUT2D eigenvalue weighted by Gasteiger charge is -2.39. The van der Waals surface area contributed by atoms with Gasteiger partial charge in [0.1, 0.15) is 5.82 Å². The molecular weight excluding hydrogens is 403 g/mol. The van der Waals surface area contributed by atoms with E-state index in [-0.39, 0.29) is 11.9 Å². The van der Waals surface area contributed by atoms with Gasteiger partial charge in [-0.15, -0.1) is 5.10 Å². The summed E-state index contributed by atoms with van der Waals surface area (Å²) in [5, 5.41) is 12.8. The second-order valence-corrected chi connectivity index (χ2v) is 7.99. The van der Waals surface area contributed by atoms with Gasteiger partial charge >= 0.3 is 0 Å². The molecule has 1 aliphatic heterocycles. The molecule has 162 valence electrons. The van der Waals surface area contributed by atoms with Crippen molar-refractivity contribution in [3.63, 3.8) is 0 Å². The molecule has 32 heavy (non-hydrogen) atoms. The van der Waals surface area contributed by atoms with Gasteiger partial charge < -0.3 is 4.90 Å². The molecule has 6 nitrogen and oxygen atoms in total. The summed E-state index contributed by atoms with van der Waals surface area (Å²) in [6.45, 7) is 4.05. The van der Waals surface area contributed by atoms with Gasteiger partial charge in [0.05, 0.1) is 12.6 Å². The van der Waals surface area contributed by atoms with Crippen LogP contribution in [0.4, 0.5) is 10.1 Å². The number of nitrogens with zero attached hydrogens (tertiary/aromatic N) is 6. The Bertz CT molecular complexity index is 1120. The van der Waals surface area contributed by atoms with E-state index in [0.717, 1.165) is 43.3 Å². The monoisotopic (exact) mass is 428 g/mol. The Kier molecular flexibility index (Phi) is 5.89. The normalized spacial score (nSPS) is 15.6. The van der Waals surface area contributed by atoms with Crippen LogP contribution in [0.25, 0.3) is 0 Å². The molecule has 1 aromatic heterocycles. The van der Waals surface area contributed by atoms with Crippen molar-refractivity contribution in [2.45, 2.75) is 12.6 Å².